The van der Waals surface area contributed by atoms with Crippen molar-refractivity contribution in [2.24, 2.45) is 28.1 Å². The Morgan fingerprint density at radius 2 is 1.40 bits per heavy atom. The van der Waals surface area contributed by atoms with E-state index in [1.807, 2.05) is 0 Å². The third-order valence-corrected chi connectivity index (χ3v) is 5.87. The summed E-state index contributed by atoms with van der Waals surface area (Å²) >= 11 is 0. The number of guanidine groups is 1. The number of phenols is 1. The molecule has 0 spiro atoms. The average molecular weight is 566 g/mol. The largest absolute Gasteiger partial charge is 0.508 e. The fourth-order valence-electron chi connectivity index (χ4n) is 3.49. The predicted molar refractivity (Wildman–Crippen MR) is 145 cm³/mol. The molecule has 1 aromatic rings. The number of carbonyl (C=O) groups is 5. The van der Waals surface area contributed by atoms with Crippen LogP contribution in [0.2, 0.25) is 0 Å². The van der Waals surface area contributed by atoms with Crippen molar-refractivity contribution >= 4 is 35.6 Å². The van der Waals surface area contributed by atoms with Gasteiger partial charge in [0, 0.05) is 19.4 Å². The molecule has 15 nitrogen and oxygen atoms in total. The number of carboxylic acid groups (broad SMARTS) is 2. The van der Waals surface area contributed by atoms with Crippen LogP contribution in [-0.4, -0.2) is 81.7 Å². The molecule has 0 saturated carbocycles. The molecule has 0 aliphatic rings. The number of nitrogens with zero attached hydrogens (tertiary/aromatic N) is 1. The fourth-order valence-corrected chi connectivity index (χ4v) is 3.49. The number of amides is 3. The van der Waals surface area contributed by atoms with Crippen molar-refractivity contribution in [2.45, 2.75) is 70.1 Å². The molecule has 40 heavy (non-hydrogen) atoms. The SMILES string of the molecule is CC(C)C(N)C(=O)NC(CCCN=C(N)N)C(=O)NC(Cc1ccc(O)cc1)C(=O)NC(CCC(=O)O)C(=O)O. The van der Waals surface area contributed by atoms with Crippen LogP contribution in [0, 0.1) is 5.92 Å². The lowest BCUT2D eigenvalue weighted by Crippen LogP contribution is -2.58. The van der Waals surface area contributed by atoms with E-state index in [9.17, 15) is 34.2 Å². The maximum atomic E-state index is 13.3. The first kappa shape index (κ1) is 33.6. The topological polar surface area (TPSA) is 273 Å². The highest BCUT2D eigenvalue weighted by Gasteiger charge is 2.31. The summed E-state index contributed by atoms with van der Waals surface area (Å²) in [5, 5.41) is 35.3. The van der Waals surface area contributed by atoms with Crippen molar-refractivity contribution in [3.63, 3.8) is 0 Å². The number of nitrogens with one attached hydrogen (secondary N) is 3. The lowest BCUT2D eigenvalue weighted by molar-refractivity contribution is -0.143. The van der Waals surface area contributed by atoms with E-state index in [-0.39, 0.29) is 49.9 Å². The number of hydrogen-bond donors (Lipinski definition) is 9. The van der Waals surface area contributed by atoms with Crippen molar-refractivity contribution in [1.82, 2.24) is 16.0 Å². The second-order valence-corrected chi connectivity index (χ2v) is 9.54. The van der Waals surface area contributed by atoms with Crippen molar-refractivity contribution in [1.29, 1.82) is 0 Å². The Morgan fingerprint density at radius 3 is 1.93 bits per heavy atom. The Labute approximate surface area is 231 Å². The Balaban J connectivity index is 3.20. The zero-order chi connectivity index (χ0) is 30.4. The summed E-state index contributed by atoms with van der Waals surface area (Å²) in [5.41, 5.74) is 17.1. The summed E-state index contributed by atoms with van der Waals surface area (Å²) in [6, 6.07) is 0.881. The molecule has 0 aliphatic heterocycles. The average Bonchev–Trinajstić information content (AvgIpc) is 2.87. The molecule has 0 aromatic heterocycles. The number of phenolic OH excluding ortho intramolecular Hbond substituents is 1. The third kappa shape index (κ3) is 12.4. The Hall–Kier alpha value is -4.40. The van der Waals surface area contributed by atoms with Crippen LogP contribution in [0.25, 0.3) is 0 Å². The van der Waals surface area contributed by atoms with Gasteiger partial charge in [0.15, 0.2) is 5.96 Å². The molecule has 1 aromatic carbocycles. The number of aliphatic carboxylic acids is 2. The summed E-state index contributed by atoms with van der Waals surface area (Å²) in [6.45, 7) is 3.64. The van der Waals surface area contributed by atoms with Crippen LogP contribution in [-0.2, 0) is 30.4 Å². The normalized spacial score (nSPS) is 13.8. The lowest BCUT2D eigenvalue weighted by Gasteiger charge is -2.26. The van der Waals surface area contributed by atoms with E-state index in [0.29, 0.717) is 5.56 Å². The molecule has 0 aliphatic carbocycles. The van der Waals surface area contributed by atoms with Crippen molar-refractivity contribution in [3.8, 4) is 5.75 Å². The van der Waals surface area contributed by atoms with E-state index >= 15 is 0 Å². The van der Waals surface area contributed by atoms with E-state index in [1.54, 1.807) is 13.8 Å². The molecule has 0 fully saturated rings. The molecular weight excluding hydrogens is 526 g/mol. The van der Waals surface area contributed by atoms with Gasteiger partial charge in [-0.25, -0.2) is 4.79 Å². The third-order valence-electron chi connectivity index (χ3n) is 5.87. The van der Waals surface area contributed by atoms with Gasteiger partial charge in [0.1, 0.15) is 23.9 Å². The standard InChI is InChI=1S/C25H39N7O8/c1-13(2)20(26)23(38)30-16(4-3-11-29-25(27)28)21(36)32-18(12-14-5-7-15(33)8-6-14)22(37)31-17(24(39)40)9-10-19(34)35/h5-8,13,16-18,20,33H,3-4,9-12,26H2,1-2H3,(H,30,38)(H,31,37)(H,32,36)(H,34,35)(H,39,40)(H4,27,28,29). The maximum Gasteiger partial charge on any atom is 0.326 e. The van der Waals surface area contributed by atoms with Crippen LogP contribution in [0.3, 0.4) is 0 Å². The van der Waals surface area contributed by atoms with E-state index in [1.165, 1.54) is 24.3 Å². The van der Waals surface area contributed by atoms with Gasteiger partial charge in [-0.05, 0) is 42.9 Å². The number of carboxylic acids is 2. The van der Waals surface area contributed by atoms with Crippen LogP contribution in [0.5, 0.6) is 5.75 Å². The van der Waals surface area contributed by atoms with Crippen molar-refractivity contribution < 1.29 is 39.3 Å². The van der Waals surface area contributed by atoms with Crippen molar-refractivity contribution in [3.05, 3.63) is 29.8 Å². The minimum atomic E-state index is -1.53. The van der Waals surface area contributed by atoms with Crippen LogP contribution < -0.4 is 33.2 Å². The molecule has 15 heteroatoms. The molecular formula is C25H39N7O8. The van der Waals surface area contributed by atoms with Gasteiger partial charge in [-0.15, -0.1) is 0 Å². The zero-order valence-electron chi connectivity index (χ0n) is 22.5. The summed E-state index contributed by atoms with van der Waals surface area (Å²) < 4.78 is 0. The molecule has 0 bridgehead atoms. The second kappa shape index (κ2) is 16.5. The number of benzene rings is 1. The predicted octanol–water partition coefficient (Wildman–Crippen LogP) is -1.62. The molecule has 4 atom stereocenters. The van der Waals surface area contributed by atoms with Gasteiger partial charge < -0.3 is 48.5 Å². The molecule has 0 heterocycles. The maximum absolute atomic E-state index is 13.3. The zero-order valence-corrected chi connectivity index (χ0v) is 22.5. The number of aromatic hydroxyl groups is 1. The number of rotatable bonds is 17. The molecule has 3 amide bonds. The second-order valence-electron chi connectivity index (χ2n) is 9.54. The van der Waals surface area contributed by atoms with E-state index in [2.05, 4.69) is 20.9 Å². The minimum Gasteiger partial charge on any atom is -0.508 e. The van der Waals surface area contributed by atoms with Gasteiger partial charge in [0.2, 0.25) is 17.7 Å². The van der Waals surface area contributed by atoms with Gasteiger partial charge in [-0.3, -0.25) is 24.2 Å². The van der Waals surface area contributed by atoms with Gasteiger partial charge in [0.05, 0.1) is 6.04 Å². The number of hydrogen-bond acceptors (Lipinski definition) is 8. The molecule has 222 valence electrons. The number of aliphatic imine (C=N–C) groups is 1. The summed E-state index contributed by atoms with van der Waals surface area (Å²) in [6.07, 6.45) is -0.621. The first-order chi connectivity index (χ1) is 18.7. The number of nitrogens with two attached hydrogens (primary N) is 3. The minimum absolute atomic E-state index is 0.0292. The molecule has 0 saturated heterocycles. The van der Waals surface area contributed by atoms with Crippen molar-refractivity contribution in [2.75, 3.05) is 6.54 Å². The highest BCUT2D eigenvalue weighted by Crippen LogP contribution is 2.13. The van der Waals surface area contributed by atoms with Gasteiger partial charge in [0.25, 0.3) is 0 Å². The van der Waals surface area contributed by atoms with Gasteiger partial charge >= 0.3 is 11.9 Å². The van der Waals surface area contributed by atoms with Crippen LogP contribution >= 0.6 is 0 Å². The summed E-state index contributed by atoms with van der Waals surface area (Å²) in [7, 11) is 0. The molecule has 1 rings (SSSR count). The smallest absolute Gasteiger partial charge is 0.326 e. The lowest BCUT2D eigenvalue weighted by atomic mass is 10.0. The number of carbonyl (C=O) groups excluding carboxylic acids is 3. The first-order valence-electron chi connectivity index (χ1n) is 12.7. The van der Waals surface area contributed by atoms with Gasteiger partial charge in [-0.1, -0.05) is 26.0 Å². The Bertz CT molecular complexity index is 1060. The van der Waals surface area contributed by atoms with E-state index in [4.69, 9.17) is 22.3 Å². The van der Waals surface area contributed by atoms with E-state index in [0.717, 1.165) is 0 Å². The van der Waals surface area contributed by atoms with Crippen LogP contribution in [0.1, 0.15) is 45.1 Å². The molecule has 12 N–H and O–H groups in total. The Kier molecular flexibility index (Phi) is 13.9. The molecule has 4 unspecified atom stereocenters. The van der Waals surface area contributed by atoms with Crippen LogP contribution in [0.15, 0.2) is 29.3 Å². The first-order valence-corrected chi connectivity index (χ1v) is 12.7. The monoisotopic (exact) mass is 565 g/mol. The quantitative estimate of drug-likeness (QED) is 0.0587. The summed E-state index contributed by atoms with van der Waals surface area (Å²) in [5.74, 6) is -5.31. The van der Waals surface area contributed by atoms with E-state index < -0.39 is 60.2 Å². The van der Waals surface area contributed by atoms with Gasteiger partial charge in [-0.2, -0.15) is 0 Å². The Morgan fingerprint density at radius 1 is 0.850 bits per heavy atom. The van der Waals surface area contributed by atoms with Crippen LogP contribution in [0.4, 0.5) is 0 Å². The molecule has 0 radical (unpaired) electrons. The highest BCUT2D eigenvalue weighted by molar-refractivity contribution is 5.94. The highest BCUT2D eigenvalue weighted by atomic mass is 16.4. The summed E-state index contributed by atoms with van der Waals surface area (Å²) in [4.78, 5) is 65.5. The fraction of sp³-hybridized carbons (Fsp3) is 0.520.